The Morgan fingerprint density at radius 3 is 1.27 bits per heavy atom. The molecule has 2 saturated heterocycles. The van der Waals surface area contributed by atoms with Crippen LogP contribution >= 0.6 is 0 Å². The molecular formula is C24H31B2F9O5. The Balaban J connectivity index is 1.90. The van der Waals surface area contributed by atoms with E-state index in [1.165, 1.54) is 12.1 Å². The van der Waals surface area contributed by atoms with E-state index in [4.69, 9.17) is 23.4 Å². The SMILES string of the molecule is CC1(C)OB(c2cc(OCCC(F)(F)C(F)(F)C(F)(F)C(F)(F)F)cc(B3OC(C)(C)C(C)(C)O3)c2)OC1(C)C. The molecule has 3 rings (SSSR count). The molecule has 0 atom stereocenters. The zero-order valence-electron chi connectivity index (χ0n) is 23.2. The lowest BCUT2D eigenvalue weighted by molar-refractivity contribution is -0.397. The Morgan fingerprint density at radius 2 is 0.950 bits per heavy atom. The van der Waals surface area contributed by atoms with E-state index >= 15 is 0 Å². The molecule has 2 fully saturated rings. The summed E-state index contributed by atoms with van der Waals surface area (Å²) in [7, 11) is -1.99. The van der Waals surface area contributed by atoms with Crippen molar-refractivity contribution < 1.29 is 62.9 Å². The van der Waals surface area contributed by atoms with Gasteiger partial charge < -0.3 is 23.4 Å². The van der Waals surface area contributed by atoms with Crippen LogP contribution in [0, 0.1) is 0 Å². The van der Waals surface area contributed by atoms with Crippen LogP contribution in [0.4, 0.5) is 39.5 Å². The molecule has 2 heterocycles. The highest BCUT2D eigenvalue weighted by molar-refractivity contribution is 6.66. The molecule has 226 valence electrons. The van der Waals surface area contributed by atoms with Gasteiger partial charge in [-0.3, -0.25) is 0 Å². The molecule has 16 heteroatoms. The van der Waals surface area contributed by atoms with Crippen LogP contribution in [0.3, 0.4) is 0 Å². The number of rotatable bonds is 8. The van der Waals surface area contributed by atoms with E-state index in [0.29, 0.717) is 10.9 Å². The second kappa shape index (κ2) is 9.70. The summed E-state index contributed by atoms with van der Waals surface area (Å²) in [5, 5.41) is 0. The van der Waals surface area contributed by atoms with Crippen LogP contribution in [0.1, 0.15) is 61.8 Å². The second-order valence-corrected chi connectivity index (χ2v) is 12.0. The van der Waals surface area contributed by atoms with E-state index in [1.54, 1.807) is 61.5 Å². The number of hydrogen-bond acceptors (Lipinski definition) is 5. The van der Waals surface area contributed by atoms with Crippen LogP contribution in [0.5, 0.6) is 5.75 Å². The van der Waals surface area contributed by atoms with Crippen LogP contribution in [0.25, 0.3) is 0 Å². The monoisotopic (exact) mass is 592 g/mol. The molecule has 0 spiro atoms. The maximum Gasteiger partial charge on any atom is 0.494 e. The lowest BCUT2D eigenvalue weighted by Gasteiger charge is -2.33. The van der Waals surface area contributed by atoms with Gasteiger partial charge in [-0.1, -0.05) is 6.07 Å². The Kier molecular flexibility index (Phi) is 7.97. The van der Waals surface area contributed by atoms with Gasteiger partial charge in [0.25, 0.3) is 0 Å². The lowest BCUT2D eigenvalue weighted by atomic mass is 9.71. The van der Waals surface area contributed by atoms with Gasteiger partial charge in [-0.05, 0) is 78.4 Å². The summed E-state index contributed by atoms with van der Waals surface area (Å²) in [5.41, 5.74) is -2.51. The average molecular weight is 592 g/mol. The third-order valence-corrected chi connectivity index (χ3v) is 7.90. The van der Waals surface area contributed by atoms with E-state index in [1.807, 2.05) is 0 Å². The molecule has 1 aromatic carbocycles. The largest absolute Gasteiger partial charge is 0.494 e. The number of halogens is 9. The molecule has 1 aromatic rings. The normalized spacial score (nSPS) is 22.6. The van der Waals surface area contributed by atoms with Crippen molar-refractivity contribution in [1.29, 1.82) is 0 Å². The van der Waals surface area contributed by atoms with E-state index in [9.17, 15) is 39.5 Å². The fraction of sp³-hybridized carbons (Fsp3) is 0.750. The van der Waals surface area contributed by atoms with Gasteiger partial charge in [0.05, 0.1) is 35.4 Å². The fourth-order valence-corrected chi connectivity index (χ4v) is 3.82. The molecule has 5 nitrogen and oxygen atoms in total. The Hall–Kier alpha value is -1.64. The molecule has 0 aromatic heterocycles. The number of hydrogen-bond donors (Lipinski definition) is 0. The maximum absolute atomic E-state index is 14.0. The topological polar surface area (TPSA) is 46.2 Å². The van der Waals surface area contributed by atoms with Gasteiger partial charge in [-0.2, -0.15) is 39.5 Å². The molecule has 40 heavy (non-hydrogen) atoms. The summed E-state index contributed by atoms with van der Waals surface area (Å²) < 4.78 is 148. The summed E-state index contributed by atoms with van der Waals surface area (Å²) in [6.07, 6.45) is -9.03. The Labute approximate surface area is 227 Å². The van der Waals surface area contributed by atoms with Crippen molar-refractivity contribution >= 4 is 25.2 Å². The van der Waals surface area contributed by atoms with Crippen LogP contribution in [-0.2, 0) is 18.6 Å². The molecule has 0 unspecified atom stereocenters. The molecular weight excluding hydrogens is 561 g/mol. The minimum absolute atomic E-state index is 0.210. The van der Waals surface area contributed by atoms with Crippen LogP contribution in [0.15, 0.2) is 18.2 Å². The smallest absolute Gasteiger partial charge is 0.493 e. The van der Waals surface area contributed by atoms with E-state index in [2.05, 4.69) is 0 Å². The van der Waals surface area contributed by atoms with Crippen LogP contribution in [0.2, 0.25) is 0 Å². The van der Waals surface area contributed by atoms with Gasteiger partial charge >= 0.3 is 38.2 Å². The van der Waals surface area contributed by atoms with E-state index in [0.717, 1.165) is 0 Å². The molecule has 0 saturated carbocycles. The average Bonchev–Trinajstić information content (AvgIpc) is 3.12. The van der Waals surface area contributed by atoms with Crippen molar-refractivity contribution in [3.63, 3.8) is 0 Å². The number of ether oxygens (including phenoxy) is 1. The first-order chi connectivity index (χ1) is 17.7. The van der Waals surface area contributed by atoms with E-state index in [-0.39, 0.29) is 5.75 Å². The highest BCUT2D eigenvalue weighted by Gasteiger charge is 2.81. The fourth-order valence-electron chi connectivity index (χ4n) is 3.82. The Morgan fingerprint density at radius 1 is 0.600 bits per heavy atom. The molecule has 0 N–H and O–H groups in total. The van der Waals surface area contributed by atoms with Crippen molar-refractivity contribution in [2.24, 2.45) is 0 Å². The zero-order valence-corrected chi connectivity index (χ0v) is 23.2. The van der Waals surface area contributed by atoms with E-state index < -0.39 is 73.6 Å². The summed E-state index contributed by atoms with van der Waals surface area (Å²) >= 11 is 0. The minimum atomic E-state index is -6.97. The quantitative estimate of drug-likeness (QED) is 0.294. The second-order valence-electron chi connectivity index (χ2n) is 12.0. The van der Waals surface area contributed by atoms with Gasteiger partial charge in [0, 0.05) is 0 Å². The van der Waals surface area contributed by atoms with Gasteiger partial charge in [-0.25, -0.2) is 0 Å². The van der Waals surface area contributed by atoms with Crippen molar-refractivity contribution in [2.45, 2.75) is 108 Å². The third kappa shape index (κ3) is 5.57. The van der Waals surface area contributed by atoms with Crippen molar-refractivity contribution in [3.05, 3.63) is 18.2 Å². The Bertz CT molecular complexity index is 1020. The highest BCUT2D eigenvalue weighted by Crippen LogP contribution is 2.54. The van der Waals surface area contributed by atoms with Gasteiger partial charge in [0.2, 0.25) is 0 Å². The molecule has 2 aliphatic heterocycles. The van der Waals surface area contributed by atoms with Crippen molar-refractivity contribution in [2.75, 3.05) is 6.61 Å². The standard InChI is InChI=1S/C24H31B2F9O5/c1-17(2)18(3,4)38-25(37-17)14-11-15(26-39-19(5,6)20(7,8)40-26)13-16(12-14)36-10-9-21(27,28)22(29,30)23(31,32)24(33,34)35/h11-13H,9-10H2,1-8H3. The van der Waals surface area contributed by atoms with Gasteiger partial charge in [0.15, 0.2) is 0 Å². The predicted octanol–water partition coefficient (Wildman–Crippen LogP) is 5.52. The molecule has 0 aliphatic carbocycles. The van der Waals surface area contributed by atoms with Crippen LogP contribution < -0.4 is 15.7 Å². The first kappa shape index (κ1) is 32.9. The summed E-state index contributed by atoms with van der Waals surface area (Å²) in [5.74, 6) is -19.7. The number of benzene rings is 1. The maximum atomic E-state index is 14.0. The van der Waals surface area contributed by atoms with Crippen LogP contribution in [-0.4, -0.2) is 67.2 Å². The minimum Gasteiger partial charge on any atom is -0.493 e. The van der Waals surface area contributed by atoms with Crippen molar-refractivity contribution in [3.8, 4) is 5.75 Å². The van der Waals surface area contributed by atoms with Crippen molar-refractivity contribution in [1.82, 2.24) is 0 Å². The predicted molar refractivity (Wildman–Crippen MR) is 129 cm³/mol. The lowest BCUT2D eigenvalue weighted by Crippen LogP contribution is -2.61. The molecule has 0 bridgehead atoms. The summed E-state index contributed by atoms with van der Waals surface area (Å²) in [4.78, 5) is 0. The summed E-state index contributed by atoms with van der Waals surface area (Å²) in [6, 6.07) is 4.17. The zero-order chi connectivity index (χ0) is 31.0. The molecule has 0 amide bonds. The number of alkyl halides is 9. The van der Waals surface area contributed by atoms with Gasteiger partial charge in [-0.15, -0.1) is 0 Å². The molecule has 0 radical (unpaired) electrons. The van der Waals surface area contributed by atoms with Gasteiger partial charge in [0.1, 0.15) is 5.75 Å². The highest BCUT2D eigenvalue weighted by atomic mass is 19.4. The molecule has 2 aliphatic rings. The summed E-state index contributed by atoms with van der Waals surface area (Å²) in [6.45, 7) is 12.9. The first-order valence-corrected chi connectivity index (χ1v) is 12.4. The first-order valence-electron chi connectivity index (χ1n) is 12.4. The third-order valence-electron chi connectivity index (χ3n) is 7.90.